The van der Waals surface area contributed by atoms with E-state index in [1.807, 2.05) is 26.0 Å². The molecule has 1 aromatic rings. The number of rotatable bonds is 5. The van der Waals surface area contributed by atoms with Gasteiger partial charge in [-0.15, -0.1) is 0 Å². The third kappa shape index (κ3) is 5.53. The van der Waals surface area contributed by atoms with Crippen LogP contribution in [0.15, 0.2) is 24.3 Å². The summed E-state index contributed by atoms with van der Waals surface area (Å²) in [5, 5.41) is 2.91. The maximum Gasteiger partial charge on any atom is 0.224 e. The first-order chi connectivity index (χ1) is 7.97. The minimum absolute atomic E-state index is 0.0941. The van der Waals surface area contributed by atoms with Crippen LogP contribution in [0.3, 0.4) is 0 Å². The predicted molar refractivity (Wildman–Crippen MR) is 73.1 cm³/mol. The zero-order chi connectivity index (χ0) is 12.8. The summed E-state index contributed by atoms with van der Waals surface area (Å²) in [4.78, 5) is 11.6. The highest BCUT2D eigenvalue weighted by Crippen LogP contribution is 2.13. The second-order valence-electron chi connectivity index (χ2n) is 5.44. The van der Waals surface area contributed by atoms with Crippen molar-refractivity contribution in [2.75, 3.05) is 5.32 Å². The molecule has 0 fully saturated rings. The monoisotopic (exact) mass is 233 g/mol. The highest BCUT2D eigenvalue weighted by atomic mass is 16.1. The van der Waals surface area contributed by atoms with E-state index in [4.69, 9.17) is 0 Å². The lowest BCUT2D eigenvalue weighted by Gasteiger charge is -2.09. The number of amides is 1. The second-order valence-corrected chi connectivity index (χ2v) is 5.44. The Hall–Kier alpha value is -1.31. The smallest absolute Gasteiger partial charge is 0.224 e. The lowest BCUT2D eigenvalue weighted by atomic mass is 10.0. The number of anilines is 1. The number of hydrogen-bond donors (Lipinski definition) is 1. The van der Waals surface area contributed by atoms with Crippen LogP contribution in [-0.4, -0.2) is 5.91 Å². The van der Waals surface area contributed by atoms with Crippen LogP contribution >= 0.6 is 0 Å². The van der Waals surface area contributed by atoms with Crippen molar-refractivity contribution >= 4 is 11.6 Å². The Balaban J connectivity index is 2.53. The Labute approximate surface area is 104 Å². The van der Waals surface area contributed by atoms with E-state index < -0.39 is 0 Å². The van der Waals surface area contributed by atoms with Gasteiger partial charge in [-0.25, -0.2) is 0 Å². The average molecular weight is 233 g/mol. The van der Waals surface area contributed by atoms with Crippen LogP contribution in [0.25, 0.3) is 0 Å². The second kappa shape index (κ2) is 6.43. The molecule has 0 aliphatic rings. The maximum absolute atomic E-state index is 11.6. The van der Waals surface area contributed by atoms with Gasteiger partial charge in [0.2, 0.25) is 5.91 Å². The summed E-state index contributed by atoms with van der Waals surface area (Å²) in [6.45, 7) is 8.51. The third-order valence-electron chi connectivity index (χ3n) is 2.48. The van der Waals surface area contributed by atoms with Crippen LogP contribution in [0.1, 0.15) is 39.7 Å². The summed E-state index contributed by atoms with van der Waals surface area (Å²) in [6.07, 6.45) is 1.66. The molecular formula is C15H23NO. The van der Waals surface area contributed by atoms with Crippen molar-refractivity contribution in [2.45, 2.75) is 40.5 Å². The van der Waals surface area contributed by atoms with E-state index >= 15 is 0 Å². The fraction of sp³-hybridized carbons (Fsp3) is 0.533. The van der Waals surface area contributed by atoms with Crippen LogP contribution in [0, 0.1) is 11.8 Å². The molecule has 2 heteroatoms. The van der Waals surface area contributed by atoms with Crippen LogP contribution in [0.5, 0.6) is 0 Å². The zero-order valence-corrected chi connectivity index (χ0v) is 11.3. The van der Waals surface area contributed by atoms with Gasteiger partial charge in [-0.1, -0.05) is 39.8 Å². The van der Waals surface area contributed by atoms with E-state index in [9.17, 15) is 4.79 Å². The van der Waals surface area contributed by atoms with Crippen LogP contribution in [-0.2, 0) is 11.2 Å². The SMILES string of the molecule is CC(C)CC(=O)Nc1ccc(CC(C)C)cc1. The van der Waals surface area contributed by atoms with Crippen LogP contribution in [0.2, 0.25) is 0 Å². The molecule has 17 heavy (non-hydrogen) atoms. The number of nitrogens with one attached hydrogen (secondary N) is 1. The van der Waals surface area contributed by atoms with Gasteiger partial charge in [-0.3, -0.25) is 4.79 Å². The largest absolute Gasteiger partial charge is 0.326 e. The maximum atomic E-state index is 11.6. The van der Waals surface area contributed by atoms with Gasteiger partial charge in [-0.2, -0.15) is 0 Å². The molecule has 0 saturated carbocycles. The first-order valence-electron chi connectivity index (χ1n) is 6.36. The standard InChI is InChI=1S/C15H23NO/c1-11(2)9-13-5-7-14(8-6-13)16-15(17)10-12(3)4/h5-8,11-12H,9-10H2,1-4H3,(H,16,17). The highest BCUT2D eigenvalue weighted by molar-refractivity contribution is 5.90. The molecule has 0 aliphatic heterocycles. The van der Waals surface area contributed by atoms with Gasteiger partial charge < -0.3 is 5.32 Å². The Morgan fingerprint density at radius 3 is 2.12 bits per heavy atom. The van der Waals surface area contributed by atoms with Gasteiger partial charge in [-0.05, 0) is 36.0 Å². The lowest BCUT2D eigenvalue weighted by Crippen LogP contribution is -2.13. The molecule has 0 radical (unpaired) electrons. The molecule has 0 aliphatic carbocycles. The van der Waals surface area contributed by atoms with Gasteiger partial charge >= 0.3 is 0 Å². The van der Waals surface area contributed by atoms with Crippen molar-refractivity contribution in [3.8, 4) is 0 Å². The molecule has 94 valence electrons. The Kier molecular flexibility index (Phi) is 5.20. The van der Waals surface area contributed by atoms with E-state index in [1.54, 1.807) is 0 Å². The van der Waals surface area contributed by atoms with E-state index in [1.165, 1.54) is 5.56 Å². The molecule has 0 bridgehead atoms. The Morgan fingerprint density at radius 2 is 1.65 bits per heavy atom. The van der Waals surface area contributed by atoms with Crippen molar-refractivity contribution < 1.29 is 4.79 Å². The summed E-state index contributed by atoms with van der Waals surface area (Å²) in [7, 11) is 0. The van der Waals surface area contributed by atoms with Crippen LogP contribution < -0.4 is 5.32 Å². The van der Waals surface area contributed by atoms with E-state index in [0.717, 1.165) is 12.1 Å². The molecule has 0 unspecified atom stereocenters. The van der Waals surface area contributed by atoms with Crippen LogP contribution in [0.4, 0.5) is 5.69 Å². The van der Waals surface area contributed by atoms with Crippen molar-refractivity contribution in [2.24, 2.45) is 11.8 Å². The van der Waals surface area contributed by atoms with Crippen molar-refractivity contribution in [1.82, 2.24) is 0 Å². The van der Waals surface area contributed by atoms with Gasteiger partial charge in [0.25, 0.3) is 0 Å². The lowest BCUT2D eigenvalue weighted by molar-refractivity contribution is -0.116. The number of carbonyl (C=O) groups is 1. The summed E-state index contributed by atoms with van der Waals surface area (Å²) in [6, 6.07) is 8.14. The third-order valence-corrected chi connectivity index (χ3v) is 2.48. The Bertz CT molecular complexity index is 352. The van der Waals surface area contributed by atoms with Crippen molar-refractivity contribution in [3.05, 3.63) is 29.8 Å². The molecule has 0 heterocycles. The minimum Gasteiger partial charge on any atom is -0.326 e. The zero-order valence-electron chi connectivity index (χ0n) is 11.3. The summed E-state index contributed by atoms with van der Waals surface area (Å²) < 4.78 is 0. The summed E-state index contributed by atoms with van der Waals surface area (Å²) in [5.41, 5.74) is 2.21. The molecule has 0 aromatic heterocycles. The molecule has 0 spiro atoms. The van der Waals surface area contributed by atoms with E-state index in [0.29, 0.717) is 18.3 Å². The first kappa shape index (κ1) is 13.8. The van der Waals surface area contributed by atoms with Crippen molar-refractivity contribution in [1.29, 1.82) is 0 Å². The molecule has 1 aromatic carbocycles. The molecule has 0 saturated heterocycles. The highest BCUT2D eigenvalue weighted by Gasteiger charge is 2.05. The molecular weight excluding hydrogens is 210 g/mol. The fourth-order valence-electron chi connectivity index (χ4n) is 1.78. The topological polar surface area (TPSA) is 29.1 Å². The van der Waals surface area contributed by atoms with Gasteiger partial charge in [0.1, 0.15) is 0 Å². The summed E-state index contributed by atoms with van der Waals surface area (Å²) >= 11 is 0. The average Bonchev–Trinajstić information content (AvgIpc) is 2.18. The first-order valence-corrected chi connectivity index (χ1v) is 6.36. The molecule has 1 N–H and O–H groups in total. The van der Waals surface area contributed by atoms with E-state index in [-0.39, 0.29) is 5.91 Å². The van der Waals surface area contributed by atoms with E-state index in [2.05, 4.69) is 31.3 Å². The minimum atomic E-state index is 0.0941. The van der Waals surface area contributed by atoms with Gasteiger partial charge in [0.05, 0.1) is 0 Å². The van der Waals surface area contributed by atoms with Gasteiger partial charge in [0.15, 0.2) is 0 Å². The van der Waals surface area contributed by atoms with Crippen molar-refractivity contribution in [3.63, 3.8) is 0 Å². The fourth-order valence-corrected chi connectivity index (χ4v) is 1.78. The predicted octanol–water partition coefficient (Wildman–Crippen LogP) is 3.87. The molecule has 1 rings (SSSR count). The summed E-state index contributed by atoms with van der Waals surface area (Å²) in [5.74, 6) is 1.16. The Morgan fingerprint density at radius 1 is 1.06 bits per heavy atom. The molecule has 0 atom stereocenters. The number of benzene rings is 1. The number of carbonyl (C=O) groups excluding carboxylic acids is 1. The quantitative estimate of drug-likeness (QED) is 0.821. The molecule has 1 amide bonds. The molecule has 2 nitrogen and oxygen atoms in total. The number of hydrogen-bond acceptors (Lipinski definition) is 1. The normalized spacial score (nSPS) is 10.9. The van der Waals surface area contributed by atoms with Gasteiger partial charge in [0, 0.05) is 12.1 Å².